The molecule has 0 radical (unpaired) electrons. The first-order chi connectivity index (χ1) is 12.4. The zero-order valence-corrected chi connectivity index (χ0v) is 14.3. The van der Waals surface area contributed by atoms with Gasteiger partial charge in [0.15, 0.2) is 0 Å². The van der Waals surface area contributed by atoms with Crippen LogP contribution in [0.1, 0.15) is 42.5 Å². The highest BCUT2D eigenvalue weighted by Gasteiger charge is 2.48. The van der Waals surface area contributed by atoms with Crippen molar-refractivity contribution >= 4 is 0 Å². The van der Waals surface area contributed by atoms with E-state index in [-0.39, 0.29) is 12.1 Å². The first-order valence-electron chi connectivity index (χ1n) is 8.91. The minimum Gasteiger partial charge on any atom is -0.385 e. The highest BCUT2D eigenvalue weighted by Crippen LogP contribution is 2.46. The Morgan fingerprint density at radius 3 is 2.23 bits per heavy atom. The maximum absolute atomic E-state index is 12.7. The molecular formula is C20H21F3N2O. The predicted molar refractivity (Wildman–Crippen MR) is 91.2 cm³/mol. The summed E-state index contributed by atoms with van der Waals surface area (Å²) in [4.78, 5) is 5.96. The van der Waals surface area contributed by atoms with Crippen molar-refractivity contribution in [2.45, 2.75) is 56.1 Å². The van der Waals surface area contributed by atoms with Crippen LogP contribution >= 0.6 is 0 Å². The molecule has 0 saturated carbocycles. The van der Waals surface area contributed by atoms with Gasteiger partial charge in [-0.25, -0.2) is 0 Å². The molecule has 2 saturated heterocycles. The molecule has 4 rings (SSSR count). The molecule has 2 aliphatic heterocycles. The second-order valence-electron chi connectivity index (χ2n) is 7.41. The SMILES string of the molecule is OC1(c2ccc(C(F)(F)F)nc2)CC2CCC(C1)N2Cc1ccccc1. The third-order valence-corrected chi connectivity index (χ3v) is 5.72. The molecule has 1 aromatic heterocycles. The Balaban J connectivity index is 1.52. The van der Waals surface area contributed by atoms with Gasteiger partial charge in [0.2, 0.25) is 0 Å². The molecule has 3 heterocycles. The number of pyridine rings is 1. The number of alkyl halides is 3. The Morgan fingerprint density at radius 1 is 1.04 bits per heavy atom. The van der Waals surface area contributed by atoms with Crippen LogP contribution in [0, 0.1) is 0 Å². The van der Waals surface area contributed by atoms with Crippen molar-refractivity contribution in [2.24, 2.45) is 0 Å². The number of rotatable bonds is 3. The van der Waals surface area contributed by atoms with Gasteiger partial charge < -0.3 is 5.11 Å². The summed E-state index contributed by atoms with van der Waals surface area (Å²) >= 11 is 0. The fraction of sp³-hybridized carbons (Fsp3) is 0.450. The number of nitrogens with zero attached hydrogens (tertiary/aromatic N) is 2. The van der Waals surface area contributed by atoms with Gasteiger partial charge in [0.05, 0.1) is 5.60 Å². The third kappa shape index (κ3) is 3.23. The van der Waals surface area contributed by atoms with Crippen LogP contribution in [0.3, 0.4) is 0 Å². The Labute approximate surface area is 150 Å². The lowest BCUT2D eigenvalue weighted by Gasteiger charge is -2.44. The summed E-state index contributed by atoms with van der Waals surface area (Å²) < 4.78 is 38.2. The number of aliphatic hydroxyl groups is 1. The van der Waals surface area contributed by atoms with E-state index < -0.39 is 17.5 Å². The normalized spacial score (nSPS) is 29.1. The van der Waals surface area contributed by atoms with E-state index in [2.05, 4.69) is 22.0 Å². The number of piperidine rings is 1. The standard InChI is InChI=1S/C20H21F3N2O/c21-20(22,23)18-9-6-15(12-24-18)19(26)10-16-7-8-17(11-19)25(16)13-14-4-2-1-3-5-14/h1-6,9,12,16-17,26H,7-8,10-11,13H2. The zero-order valence-electron chi connectivity index (χ0n) is 14.3. The molecule has 0 amide bonds. The fourth-order valence-corrected chi connectivity index (χ4v) is 4.44. The maximum Gasteiger partial charge on any atom is 0.433 e. The average Bonchev–Trinajstić information content (AvgIpc) is 2.86. The molecule has 138 valence electrons. The molecule has 2 atom stereocenters. The number of fused-ring (bicyclic) bond motifs is 2. The Morgan fingerprint density at radius 2 is 1.69 bits per heavy atom. The van der Waals surface area contributed by atoms with Crippen LogP contribution in [0.15, 0.2) is 48.7 Å². The van der Waals surface area contributed by atoms with Gasteiger partial charge in [-0.3, -0.25) is 9.88 Å². The molecule has 2 fully saturated rings. The Hall–Kier alpha value is -1.92. The van der Waals surface area contributed by atoms with Crippen molar-refractivity contribution in [3.8, 4) is 0 Å². The molecule has 2 unspecified atom stereocenters. The molecule has 2 aromatic rings. The molecule has 0 spiro atoms. The van der Waals surface area contributed by atoms with Gasteiger partial charge in [-0.2, -0.15) is 13.2 Å². The molecule has 1 N–H and O–H groups in total. The van der Waals surface area contributed by atoms with Crippen molar-refractivity contribution in [1.82, 2.24) is 9.88 Å². The van der Waals surface area contributed by atoms with Crippen LogP contribution in [-0.2, 0) is 18.3 Å². The summed E-state index contributed by atoms with van der Waals surface area (Å²) in [5.74, 6) is 0. The smallest absolute Gasteiger partial charge is 0.385 e. The van der Waals surface area contributed by atoms with Crippen LogP contribution in [-0.4, -0.2) is 27.1 Å². The lowest BCUT2D eigenvalue weighted by atomic mass is 9.81. The molecular weight excluding hydrogens is 341 g/mol. The Bertz CT molecular complexity index is 747. The van der Waals surface area contributed by atoms with Gasteiger partial charge in [-0.05, 0) is 37.3 Å². The van der Waals surface area contributed by atoms with Crippen LogP contribution in [0.5, 0.6) is 0 Å². The predicted octanol–water partition coefficient (Wildman–Crippen LogP) is 4.12. The molecule has 26 heavy (non-hydrogen) atoms. The average molecular weight is 362 g/mol. The minimum atomic E-state index is -4.46. The van der Waals surface area contributed by atoms with Gasteiger partial charge in [0, 0.05) is 30.4 Å². The van der Waals surface area contributed by atoms with Gasteiger partial charge >= 0.3 is 6.18 Å². The highest BCUT2D eigenvalue weighted by molar-refractivity contribution is 5.25. The van der Waals surface area contributed by atoms with Gasteiger partial charge in [0.1, 0.15) is 5.69 Å². The monoisotopic (exact) mass is 362 g/mol. The van der Waals surface area contributed by atoms with Crippen LogP contribution in [0.4, 0.5) is 13.2 Å². The van der Waals surface area contributed by atoms with E-state index in [4.69, 9.17) is 0 Å². The van der Waals surface area contributed by atoms with E-state index in [0.29, 0.717) is 18.4 Å². The number of hydrogen-bond donors (Lipinski definition) is 1. The molecule has 3 nitrogen and oxygen atoms in total. The highest BCUT2D eigenvalue weighted by atomic mass is 19.4. The molecule has 1 aromatic carbocycles. The minimum absolute atomic E-state index is 0.237. The van der Waals surface area contributed by atoms with Crippen molar-refractivity contribution in [3.63, 3.8) is 0 Å². The zero-order chi connectivity index (χ0) is 18.4. The number of aromatic nitrogens is 1. The van der Waals surface area contributed by atoms with Gasteiger partial charge in [0.25, 0.3) is 0 Å². The quantitative estimate of drug-likeness (QED) is 0.893. The summed E-state index contributed by atoms with van der Waals surface area (Å²) in [6.45, 7) is 0.845. The van der Waals surface area contributed by atoms with Crippen molar-refractivity contribution in [3.05, 3.63) is 65.5 Å². The van der Waals surface area contributed by atoms with Gasteiger partial charge in [-0.15, -0.1) is 0 Å². The van der Waals surface area contributed by atoms with E-state index >= 15 is 0 Å². The largest absolute Gasteiger partial charge is 0.433 e. The van der Waals surface area contributed by atoms with Crippen molar-refractivity contribution < 1.29 is 18.3 Å². The molecule has 2 aliphatic rings. The second-order valence-corrected chi connectivity index (χ2v) is 7.41. The summed E-state index contributed by atoms with van der Waals surface area (Å²) in [6.07, 6.45) is -0.192. The van der Waals surface area contributed by atoms with Crippen LogP contribution in [0.2, 0.25) is 0 Å². The summed E-state index contributed by atoms with van der Waals surface area (Å²) in [5, 5.41) is 11.2. The van der Waals surface area contributed by atoms with Crippen LogP contribution < -0.4 is 0 Å². The lowest BCUT2D eigenvalue weighted by Crippen LogP contribution is -2.49. The van der Waals surface area contributed by atoms with E-state index in [1.54, 1.807) is 0 Å². The lowest BCUT2D eigenvalue weighted by molar-refractivity contribution is -0.141. The van der Waals surface area contributed by atoms with Crippen molar-refractivity contribution in [2.75, 3.05) is 0 Å². The van der Waals surface area contributed by atoms with E-state index in [9.17, 15) is 18.3 Å². The molecule has 6 heteroatoms. The van der Waals surface area contributed by atoms with E-state index in [1.165, 1.54) is 17.8 Å². The second kappa shape index (κ2) is 6.35. The summed E-state index contributed by atoms with van der Waals surface area (Å²) in [7, 11) is 0. The van der Waals surface area contributed by atoms with Gasteiger partial charge in [-0.1, -0.05) is 36.4 Å². The Kier molecular flexibility index (Phi) is 4.28. The van der Waals surface area contributed by atoms with E-state index in [0.717, 1.165) is 25.5 Å². The topological polar surface area (TPSA) is 36.4 Å². The van der Waals surface area contributed by atoms with E-state index in [1.807, 2.05) is 18.2 Å². The van der Waals surface area contributed by atoms with Crippen molar-refractivity contribution in [1.29, 1.82) is 0 Å². The fourth-order valence-electron chi connectivity index (χ4n) is 4.44. The summed E-state index contributed by atoms with van der Waals surface area (Å²) in [5.41, 5.74) is -0.294. The van der Waals surface area contributed by atoms with Crippen LogP contribution in [0.25, 0.3) is 0 Å². The first kappa shape index (κ1) is 17.5. The number of benzene rings is 1. The number of hydrogen-bond acceptors (Lipinski definition) is 3. The molecule has 2 bridgehead atoms. The molecule has 0 aliphatic carbocycles. The maximum atomic E-state index is 12.7. The number of halogens is 3. The summed E-state index contributed by atoms with van der Waals surface area (Å²) in [6, 6.07) is 13.0. The first-order valence-corrected chi connectivity index (χ1v) is 8.91. The third-order valence-electron chi connectivity index (χ3n) is 5.72.